The third-order valence-corrected chi connectivity index (χ3v) is 6.72. The van der Waals surface area contributed by atoms with E-state index in [2.05, 4.69) is 20.3 Å². The number of rotatable bonds is 4. The number of aromatic nitrogens is 2. The molecule has 1 saturated heterocycles. The van der Waals surface area contributed by atoms with Gasteiger partial charge < -0.3 is 15.8 Å². The highest BCUT2D eigenvalue weighted by Crippen LogP contribution is 2.31. The molecular weight excluding hydrogens is 482 g/mol. The van der Waals surface area contributed by atoms with Crippen LogP contribution in [0, 0.1) is 6.92 Å². The summed E-state index contributed by atoms with van der Waals surface area (Å²) in [5.74, 6) is 0.746. The Morgan fingerprint density at radius 2 is 2.00 bits per heavy atom. The number of anilines is 2. The number of benzene rings is 2. The van der Waals surface area contributed by atoms with Crippen molar-refractivity contribution in [1.29, 1.82) is 0 Å². The van der Waals surface area contributed by atoms with Crippen molar-refractivity contribution < 1.29 is 9.53 Å². The highest BCUT2D eigenvalue weighted by atomic mass is 35.5. The van der Waals surface area contributed by atoms with Gasteiger partial charge in [-0.05, 0) is 86.1 Å². The number of nitrogens with zero attached hydrogens (tertiary/aromatic N) is 3. The molecule has 180 valence electrons. The number of carbonyl (C=O) groups is 1. The number of hydrogen-bond acceptors (Lipinski definition) is 7. The van der Waals surface area contributed by atoms with Gasteiger partial charge in [0.05, 0.1) is 22.8 Å². The predicted molar refractivity (Wildman–Crippen MR) is 145 cm³/mol. The van der Waals surface area contributed by atoms with Crippen molar-refractivity contribution in [3.8, 4) is 11.3 Å². The summed E-state index contributed by atoms with van der Waals surface area (Å²) in [6.45, 7) is 3.24. The van der Waals surface area contributed by atoms with Gasteiger partial charge in [0.25, 0.3) is 5.91 Å². The molecule has 7 nitrogen and oxygen atoms in total. The molecular formula is C26H26ClN5O2S. The number of nitrogens with two attached hydrogens (primary N) is 1. The smallest absolute Gasteiger partial charge is 0.255 e. The monoisotopic (exact) mass is 507 g/mol. The van der Waals surface area contributed by atoms with Gasteiger partial charge in [-0.2, -0.15) is 0 Å². The van der Waals surface area contributed by atoms with Crippen molar-refractivity contribution in [3.63, 3.8) is 0 Å². The summed E-state index contributed by atoms with van der Waals surface area (Å²) in [6, 6.07) is 17.0. The minimum absolute atomic E-state index is 0.174. The van der Waals surface area contributed by atoms with Crippen LogP contribution in [0.4, 0.5) is 11.4 Å². The highest BCUT2D eigenvalue weighted by Gasteiger charge is 2.16. The minimum Gasteiger partial charge on any atom is -0.359 e. The first-order valence-corrected chi connectivity index (χ1v) is 12.4. The Labute approximate surface area is 213 Å². The van der Waals surface area contributed by atoms with Gasteiger partial charge in [0.2, 0.25) is 0 Å². The summed E-state index contributed by atoms with van der Waals surface area (Å²) in [6.07, 6.45) is 3.48. The highest BCUT2D eigenvalue weighted by molar-refractivity contribution is 8.00. The third-order valence-electron chi connectivity index (χ3n) is 5.42. The van der Waals surface area contributed by atoms with E-state index in [9.17, 15) is 4.79 Å². The van der Waals surface area contributed by atoms with E-state index >= 15 is 0 Å². The number of ether oxygens (including phenoxy) is 1. The Hall–Kier alpha value is -3.17. The fourth-order valence-electron chi connectivity index (χ4n) is 3.71. The van der Waals surface area contributed by atoms with Crippen LogP contribution in [0.1, 0.15) is 15.9 Å². The van der Waals surface area contributed by atoms with Gasteiger partial charge in [-0.3, -0.25) is 14.1 Å². The number of amides is 1. The fraction of sp³-hybridized carbons (Fsp3) is 0.192. The van der Waals surface area contributed by atoms with Crippen molar-refractivity contribution in [2.75, 3.05) is 35.8 Å². The van der Waals surface area contributed by atoms with Gasteiger partial charge >= 0.3 is 0 Å². The molecule has 4 aromatic rings. The average Bonchev–Trinajstić information content (AvgIpc) is 2.91. The van der Waals surface area contributed by atoms with E-state index in [0.717, 1.165) is 45.8 Å². The summed E-state index contributed by atoms with van der Waals surface area (Å²) >= 11 is 8.20. The molecule has 1 amide bonds. The van der Waals surface area contributed by atoms with E-state index in [1.54, 1.807) is 36.5 Å². The zero-order valence-electron chi connectivity index (χ0n) is 19.5. The molecule has 1 fully saturated rings. The third kappa shape index (κ3) is 5.74. The molecule has 1 aliphatic rings. The maximum absolute atomic E-state index is 13.0. The van der Waals surface area contributed by atoms with Crippen molar-refractivity contribution in [1.82, 2.24) is 9.97 Å². The summed E-state index contributed by atoms with van der Waals surface area (Å²) in [4.78, 5) is 21.8. The van der Waals surface area contributed by atoms with Gasteiger partial charge in [0.1, 0.15) is 6.73 Å². The maximum atomic E-state index is 13.0. The average molecular weight is 508 g/mol. The molecule has 0 atom stereocenters. The molecule has 2 aromatic heterocycles. The Morgan fingerprint density at radius 1 is 1.14 bits per heavy atom. The van der Waals surface area contributed by atoms with E-state index in [1.165, 1.54) is 7.05 Å². The zero-order valence-corrected chi connectivity index (χ0v) is 21.1. The van der Waals surface area contributed by atoms with Crippen LogP contribution in [0.15, 0.2) is 67.0 Å². The molecule has 0 radical (unpaired) electrons. The van der Waals surface area contributed by atoms with Crippen LogP contribution in [0.3, 0.4) is 0 Å². The topological polar surface area (TPSA) is 93.4 Å². The van der Waals surface area contributed by atoms with Crippen molar-refractivity contribution >= 4 is 51.7 Å². The lowest BCUT2D eigenvalue weighted by molar-refractivity contribution is 0.102. The lowest BCUT2D eigenvalue weighted by atomic mass is 10.1. The number of carbonyl (C=O) groups excluding carboxylic acids is 1. The van der Waals surface area contributed by atoms with Gasteiger partial charge in [0, 0.05) is 46.0 Å². The van der Waals surface area contributed by atoms with E-state index in [0.29, 0.717) is 23.0 Å². The largest absolute Gasteiger partial charge is 0.359 e. The number of pyridine rings is 2. The standard InChI is InChI=1S/C25H21ClN4O2S.CH5N/c1-16-12-19(30-15-32-10-11-33-30)4-5-20(16)25(31)28-18-3-6-22(26)21(13-18)24-7-2-17-14-27-9-8-23(17)29-24;1-2/h2-9,12-14H,10-11,15H2,1H3,(H,28,31);2H2,1H3. The molecule has 0 saturated carbocycles. The Bertz CT molecular complexity index is 1340. The molecule has 0 bridgehead atoms. The number of halogens is 1. The first kappa shape index (κ1) is 24.9. The number of aryl methyl sites for hydroxylation is 1. The second-order valence-electron chi connectivity index (χ2n) is 7.66. The minimum atomic E-state index is -0.174. The van der Waals surface area contributed by atoms with Crippen molar-refractivity contribution in [2.24, 2.45) is 5.73 Å². The summed E-state index contributed by atoms with van der Waals surface area (Å²) in [5.41, 5.74) is 10.0. The maximum Gasteiger partial charge on any atom is 0.255 e. The lowest BCUT2D eigenvalue weighted by Gasteiger charge is -2.27. The van der Waals surface area contributed by atoms with Crippen LogP contribution in [0.25, 0.3) is 22.2 Å². The molecule has 9 heteroatoms. The SMILES string of the molecule is CN.Cc1cc(N2COCCS2)ccc1C(=O)Nc1ccc(Cl)c(-c2ccc3cnccc3n2)c1. The molecule has 3 N–H and O–H groups in total. The number of fused-ring (bicyclic) bond motifs is 1. The van der Waals surface area contributed by atoms with Crippen LogP contribution in [0.5, 0.6) is 0 Å². The van der Waals surface area contributed by atoms with E-state index in [1.807, 2.05) is 49.4 Å². The van der Waals surface area contributed by atoms with Crippen molar-refractivity contribution in [2.45, 2.75) is 6.92 Å². The summed E-state index contributed by atoms with van der Waals surface area (Å²) in [5, 5.41) is 4.51. The fourth-order valence-corrected chi connectivity index (χ4v) is 4.75. The lowest BCUT2D eigenvalue weighted by Crippen LogP contribution is -2.26. The number of hydrogen-bond donors (Lipinski definition) is 2. The molecule has 35 heavy (non-hydrogen) atoms. The molecule has 3 heterocycles. The van der Waals surface area contributed by atoms with Gasteiger partial charge in [0.15, 0.2) is 0 Å². The first-order chi connectivity index (χ1) is 17.1. The van der Waals surface area contributed by atoms with Gasteiger partial charge in [-0.1, -0.05) is 11.6 Å². The Balaban J connectivity index is 0.00000141. The Kier molecular flexibility index (Phi) is 8.20. The second kappa shape index (κ2) is 11.5. The van der Waals surface area contributed by atoms with Crippen LogP contribution in [-0.4, -0.2) is 42.0 Å². The predicted octanol–water partition coefficient (Wildman–Crippen LogP) is 5.53. The molecule has 0 spiro atoms. The van der Waals surface area contributed by atoms with E-state index in [4.69, 9.17) is 21.3 Å². The molecule has 0 unspecified atom stereocenters. The van der Waals surface area contributed by atoms with Crippen molar-refractivity contribution in [3.05, 3.63) is 83.1 Å². The van der Waals surface area contributed by atoms with E-state index in [-0.39, 0.29) is 5.91 Å². The Morgan fingerprint density at radius 3 is 2.77 bits per heavy atom. The first-order valence-electron chi connectivity index (χ1n) is 11.1. The van der Waals surface area contributed by atoms with Crippen LogP contribution in [0.2, 0.25) is 5.02 Å². The van der Waals surface area contributed by atoms with Crippen LogP contribution < -0.4 is 15.4 Å². The van der Waals surface area contributed by atoms with Crippen LogP contribution in [-0.2, 0) is 4.74 Å². The second-order valence-corrected chi connectivity index (χ2v) is 9.18. The van der Waals surface area contributed by atoms with Gasteiger partial charge in [-0.15, -0.1) is 0 Å². The molecule has 5 rings (SSSR count). The van der Waals surface area contributed by atoms with Crippen LogP contribution >= 0.6 is 23.5 Å². The van der Waals surface area contributed by atoms with Gasteiger partial charge in [-0.25, -0.2) is 4.98 Å². The summed E-state index contributed by atoms with van der Waals surface area (Å²) < 4.78 is 7.61. The normalized spacial score (nSPS) is 13.2. The molecule has 2 aromatic carbocycles. The summed E-state index contributed by atoms with van der Waals surface area (Å²) in [7, 11) is 1.50. The number of nitrogens with one attached hydrogen (secondary N) is 1. The zero-order chi connectivity index (χ0) is 24.8. The molecule has 1 aliphatic heterocycles. The van der Waals surface area contributed by atoms with E-state index < -0.39 is 0 Å². The molecule has 0 aliphatic carbocycles. The quantitative estimate of drug-likeness (QED) is 0.351.